The monoisotopic (exact) mass is 348 g/mol. The number of ether oxygens (including phenoxy) is 1. The van der Waals surface area contributed by atoms with Gasteiger partial charge < -0.3 is 9.84 Å². The Kier molecular flexibility index (Phi) is 14.7. The second kappa shape index (κ2) is 16.6. The van der Waals surface area contributed by atoms with Gasteiger partial charge in [-0.15, -0.1) is 0 Å². The summed E-state index contributed by atoms with van der Waals surface area (Å²) in [7, 11) is 0. The first-order valence-corrected chi connectivity index (χ1v) is 10.6. The van der Waals surface area contributed by atoms with E-state index in [-0.39, 0.29) is 6.10 Å². The van der Waals surface area contributed by atoms with Crippen molar-refractivity contribution >= 4 is 0 Å². The topological polar surface area (TPSA) is 29.5 Å². The highest BCUT2D eigenvalue weighted by molar-refractivity contribution is 5.13. The summed E-state index contributed by atoms with van der Waals surface area (Å²) >= 11 is 0. The third-order valence-electron chi connectivity index (χ3n) is 4.83. The van der Waals surface area contributed by atoms with Crippen LogP contribution in [-0.4, -0.2) is 17.8 Å². The number of aliphatic hydroxyl groups excluding tert-OH is 1. The van der Waals surface area contributed by atoms with Crippen LogP contribution in [0.5, 0.6) is 0 Å². The van der Waals surface area contributed by atoms with Crippen LogP contribution in [-0.2, 0) is 11.3 Å². The average Bonchev–Trinajstić information content (AvgIpc) is 2.64. The lowest BCUT2D eigenvalue weighted by Gasteiger charge is -2.10. The van der Waals surface area contributed by atoms with Gasteiger partial charge in [-0.1, -0.05) is 95.0 Å². The van der Waals surface area contributed by atoms with Gasteiger partial charge in [0, 0.05) is 6.61 Å². The van der Waals surface area contributed by atoms with Crippen LogP contribution < -0.4 is 0 Å². The molecule has 2 heteroatoms. The molecule has 0 saturated heterocycles. The molecule has 1 atom stereocenters. The lowest BCUT2D eigenvalue weighted by atomic mass is 10.0. The Bertz CT molecular complexity index is 377. The van der Waals surface area contributed by atoms with E-state index in [1.165, 1.54) is 63.4 Å². The maximum atomic E-state index is 10.0. The van der Waals surface area contributed by atoms with Crippen LogP contribution in [0.3, 0.4) is 0 Å². The molecule has 0 radical (unpaired) electrons. The first-order valence-electron chi connectivity index (χ1n) is 10.6. The molecule has 0 aromatic heterocycles. The minimum atomic E-state index is -0.112. The van der Waals surface area contributed by atoms with E-state index in [0.29, 0.717) is 6.61 Å². The zero-order valence-corrected chi connectivity index (χ0v) is 16.4. The van der Waals surface area contributed by atoms with Gasteiger partial charge in [0.1, 0.15) is 0 Å². The van der Waals surface area contributed by atoms with Crippen LogP contribution in [0.1, 0.15) is 96.0 Å². The first kappa shape index (κ1) is 22.2. The molecule has 1 N–H and O–H groups in total. The van der Waals surface area contributed by atoms with Crippen molar-refractivity contribution in [1.82, 2.24) is 0 Å². The van der Waals surface area contributed by atoms with Gasteiger partial charge in [-0.2, -0.15) is 0 Å². The number of rotatable bonds is 17. The lowest BCUT2D eigenvalue weighted by molar-refractivity contribution is 0.107. The summed E-state index contributed by atoms with van der Waals surface area (Å²) in [5.41, 5.74) is 1.23. The zero-order valence-electron chi connectivity index (χ0n) is 16.4. The van der Waals surface area contributed by atoms with Gasteiger partial charge in [-0.05, 0) is 31.2 Å². The van der Waals surface area contributed by atoms with Gasteiger partial charge >= 0.3 is 0 Å². The standard InChI is InChI=1S/C23H40O2/c1-2-3-4-5-6-7-8-9-13-18-23(24)19-14-15-20-25-21-22-16-11-10-12-17-22/h10-12,16-17,23-24H,2-9,13-15,18-21H2,1H3. The number of aliphatic hydroxyl groups is 1. The van der Waals surface area contributed by atoms with Crippen LogP contribution in [0, 0.1) is 0 Å². The molecule has 0 aliphatic rings. The summed E-state index contributed by atoms with van der Waals surface area (Å²) in [6.07, 6.45) is 16.0. The zero-order chi connectivity index (χ0) is 18.0. The molecule has 1 aromatic rings. The van der Waals surface area contributed by atoms with Crippen LogP contribution >= 0.6 is 0 Å². The third kappa shape index (κ3) is 14.0. The summed E-state index contributed by atoms with van der Waals surface area (Å²) in [4.78, 5) is 0. The molecule has 0 heterocycles. The summed E-state index contributed by atoms with van der Waals surface area (Å²) in [6.45, 7) is 3.75. The fourth-order valence-electron chi connectivity index (χ4n) is 3.18. The molecule has 25 heavy (non-hydrogen) atoms. The Balaban J connectivity index is 1.80. The highest BCUT2D eigenvalue weighted by Crippen LogP contribution is 2.13. The largest absolute Gasteiger partial charge is 0.393 e. The minimum Gasteiger partial charge on any atom is -0.393 e. The average molecular weight is 349 g/mol. The van der Waals surface area contributed by atoms with Crippen molar-refractivity contribution in [2.24, 2.45) is 0 Å². The number of unbranched alkanes of at least 4 members (excludes halogenated alkanes) is 9. The Hall–Kier alpha value is -0.860. The summed E-state index contributed by atoms with van der Waals surface area (Å²) in [5, 5.41) is 10.0. The molecule has 1 aromatic carbocycles. The van der Waals surface area contributed by atoms with Gasteiger partial charge in [0.05, 0.1) is 12.7 Å². The molecular formula is C23H40O2. The van der Waals surface area contributed by atoms with Gasteiger partial charge in [0.15, 0.2) is 0 Å². The van der Waals surface area contributed by atoms with Crippen LogP contribution in [0.15, 0.2) is 30.3 Å². The summed E-state index contributed by atoms with van der Waals surface area (Å²) in [6, 6.07) is 10.3. The Morgan fingerprint density at radius 1 is 0.760 bits per heavy atom. The van der Waals surface area contributed by atoms with E-state index in [2.05, 4.69) is 19.1 Å². The van der Waals surface area contributed by atoms with Crippen molar-refractivity contribution in [1.29, 1.82) is 0 Å². The molecule has 2 nitrogen and oxygen atoms in total. The molecule has 1 rings (SSSR count). The van der Waals surface area contributed by atoms with Gasteiger partial charge in [-0.25, -0.2) is 0 Å². The van der Waals surface area contributed by atoms with E-state index in [1.54, 1.807) is 0 Å². The fraction of sp³-hybridized carbons (Fsp3) is 0.739. The van der Waals surface area contributed by atoms with Crippen LogP contribution in [0.4, 0.5) is 0 Å². The quantitative estimate of drug-likeness (QED) is 0.319. The van der Waals surface area contributed by atoms with Crippen LogP contribution in [0.25, 0.3) is 0 Å². The molecular weight excluding hydrogens is 308 g/mol. The molecule has 0 fully saturated rings. The molecule has 1 unspecified atom stereocenters. The maximum absolute atomic E-state index is 10.0. The molecule has 0 bridgehead atoms. The SMILES string of the molecule is CCCCCCCCCCCC(O)CCCCOCc1ccccc1. The smallest absolute Gasteiger partial charge is 0.0716 e. The van der Waals surface area contributed by atoms with Crippen LogP contribution in [0.2, 0.25) is 0 Å². The molecule has 144 valence electrons. The predicted molar refractivity (Wildman–Crippen MR) is 108 cm³/mol. The van der Waals surface area contributed by atoms with E-state index in [1.807, 2.05) is 18.2 Å². The molecule has 0 amide bonds. The minimum absolute atomic E-state index is 0.112. The van der Waals surface area contributed by atoms with Crippen molar-refractivity contribution < 1.29 is 9.84 Å². The Morgan fingerprint density at radius 2 is 1.32 bits per heavy atom. The Morgan fingerprint density at radius 3 is 1.96 bits per heavy atom. The second-order valence-corrected chi connectivity index (χ2v) is 7.30. The second-order valence-electron chi connectivity index (χ2n) is 7.30. The predicted octanol–water partition coefficient (Wildman–Crippen LogP) is 6.66. The van der Waals surface area contributed by atoms with E-state index in [0.717, 1.165) is 32.3 Å². The highest BCUT2D eigenvalue weighted by Gasteiger charge is 2.03. The third-order valence-corrected chi connectivity index (χ3v) is 4.83. The van der Waals surface area contributed by atoms with E-state index in [9.17, 15) is 5.11 Å². The van der Waals surface area contributed by atoms with Crippen molar-refractivity contribution in [3.8, 4) is 0 Å². The Labute approximate surface area is 156 Å². The van der Waals surface area contributed by atoms with Gasteiger partial charge in [0.2, 0.25) is 0 Å². The summed E-state index contributed by atoms with van der Waals surface area (Å²) < 4.78 is 5.68. The molecule has 0 aliphatic carbocycles. The molecule has 0 spiro atoms. The van der Waals surface area contributed by atoms with E-state index in [4.69, 9.17) is 4.74 Å². The number of hydrogen-bond donors (Lipinski definition) is 1. The summed E-state index contributed by atoms with van der Waals surface area (Å²) in [5.74, 6) is 0. The fourth-order valence-corrected chi connectivity index (χ4v) is 3.18. The number of hydrogen-bond acceptors (Lipinski definition) is 2. The van der Waals surface area contributed by atoms with Gasteiger partial charge in [-0.3, -0.25) is 0 Å². The van der Waals surface area contributed by atoms with Crippen molar-refractivity contribution in [3.63, 3.8) is 0 Å². The highest BCUT2D eigenvalue weighted by atomic mass is 16.5. The van der Waals surface area contributed by atoms with Gasteiger partial charge in [0.25, 0.3) is 0 Å². The van der Waals surface area contributed by atoms with E-state index < -0.39 is 0 Å². The normalized spacial score (nSPS) is 12.4. The molecule has 0 aliphatic heterocycles. The van der Waals surface area contributed by atoms with E-state index >= 15 is 0 Å². The first-order chi connectivity index (χ1) is 12.3. The number of benzene rings is 1. The molecule has 0 saturated carbocycles. The van der Waals surface area contributed by atoms with Crippen molar-refractivity contribution in [3.05, 3.63) is 35.9 Å². The lowest BCUT2D eigenvalue weighted by Crippen LogP contribution is -2.07. The van der Waals surface area contributed by atoms with Crippen molar-refractivity contribution in [2.45, 2.75) is 103 Å². The maximum Gasteiger partial charge on any atom is 0.0716 e. The van der Waals surface area contributed by atoms with Crippen molar-refractivity contribution in [2.75, 3.05) is 6.61 Å².